The fourth-order valence-corrected chi connectivity index (χ4v) is 6.79. The summed E-state index contributed by atoms with van der Waals surface area (Å²) < 4.78 is 0.440. The summed E-state index contributed by atoms with van der Waals surface area (Å²) in [5.74, 6) is 2.96. The molecule has 0 aromatic rings. The predicted molar refractivity (Wildman–Crippen MR) is 130 cm³/mol. The number of hydrogen-bond donors (Lipinski definition) is 2. The molecule has 0 spiro atoms. The van der Waals surface area contributed by atoms with Crippen LogP contribution in [0.1, 0.15) is 112 Å². The second kappa shape index (κ2) is 11.3. The fraction of sp³-hybridized carbons (Fsp3) is 1.00. The molecule has 0 radical (unpaired) electrons. The van der Waals surface area contributed by atoms with Crippen LogP contribution < -0.4 is 0 Å². The zero-order valence-corrected chi connectivity index (χ0v) is 22.2. The van der Waals surface area contributed by atoms with Gasteiger partial charge in [0, 0.05) is 38.5 Å². The van der Waals surface area contributed by atoms with Gasteiger partial charge in [-0.05, 0) is 69.6 Å². The van der Waals surface area contributed by atoms with E-state index in [9.17, 15) is 10.4 Å². The van der Waals surface area contributed by atoms with Crippen LogP contribution in [0.25, 0.3) is 0 Å². The Morgan fingerprint density at radius 3 is 1.13 bits per heavy atom. The Hall–Kier alpha value is -0.160. The Balaban J connectivity index is 1.77. The predicted octanol–water partition coefficient (Wildman–Crippen LogP) is 7.03. The Bertz CT molecular complexity index is 469. The van der Waals surface area contributed by atoms with Gasteiger partial charge in [0.25, 0.3) is 0 Å². The molecule has 4 atom stereocenters. The first-order valence-electron chi connectivity index (χ1n) is 13.5. The Morgan fingerprint density at radius 1 is 0.581 bits per heavy atom. The van der Waals surface area contributed by atoms with Gasteiger partial charge in [-0.2, -0.15) is 9.29 Å². The van der Waals surface area contributed by atoms with Crippen molar-refractivity contribution < 1.29 is 19.7 Å². The molecule has 2 fully saturated rings. The number of hydrogen-bond acceptors (Lipinski definition) is 2. The topological polar surface area (TPSA) is 40.5 Å². The van der Waals surface area contributed by atoms with Crippen LogP contribution in [0, 0.1) is 23.7 Å². The molecule has 184 valence electrons. The summed E-state index contributed by atoms with van der Waals surface area (Å²) >= 11 is 0. The Labute approximate surface area is 194 Å². The molecule has 0 aromatic heterocycles. The smallest absolute Gasteiger partial charge is 0.119 e. The van der Waals surface area contributed by atoms with E-state index in [0.29, 0.717) is 36.0 Å². The van der Waals surface area contributed by atoms with Crippen molar-refractivity contribution in [1.82, 2.24) is 0 Å². The van der Waals surface area contributed by atoms with E-state index in [1.165, 1.54) is 57.8 Å². The first-order chi connectivity index (χ1) is 14.3. The third-order valence-electron chi connectivity index (χ3n) is 9.19. The summed E-state index contributed by atoms with van der Waals surface area (Å²) in [6.07, 6.45) is 13.4. The molecule has 4 unspecified atom stereocenters. The minimum atomic E-state index is 0.220. The molecule has 0 aliphatic heterocycles. The minimum Gasteiger partial charge on any atom is -0.217 e. The molecule has 2 N–H and O–H groups in total. The van der Waals surface area contributed by atoms with Crippen molar-refractivity contribution in [3.05, 3.63) is 0 Å². The summed E-state index contributed by atoms with van der Waals surface area (Å²) in [7, 11) is 4.09. The fourth-order valence-electron chi connectivity index (χ4n) is 6.79. The van der Waals surface area contributed by atoms with Crippen LogP contribution in [0.5, 0.6) is 0 Å². The Morgan fingerprint density at radius 2 is 0.871 bits per heavy atom. The van der Waals surface area contributed by atoms with Gasteiger partial charge in [0.05, 0.1) is 14.1 Å². The molecule has 4 heteroatoms. The highest BCUT2D eigenvalue weighted by molar-refractivity contribution is 4.80. The van der Waals surface area contributed by atoms with Gasteiger partial charge in [-0.3, -0.25) is 0 Å². The highest BCUT2D eigenvalue weighted by Gasteiger charge is 2.42. The molecule has 0 heterocycles. The first kappa shape index (κ1) is 27.1. The van der Waals surface area contributed by atoms with Crippen LogP contribution in [-0.2, 0) is 0 Å². The van der Waals surface area contributed by atoms with E-state index < -0.39 is 0 Å². The average molecular weight is 441 g/mol. The van der Waals surface area contributed by atoms with E-state index in [1.807, 2.05) is 14.1 Å². The van der Waals surface area contributed by atoms with Crippen LogP contribution in [0.2, 0.25) is 0 Å². The molecule has 0 saturated heterocycles. The highest BCUT2D eigenvalue weighted by Crippen LogP contribution is 2.40. The van der Waals surface area contributed by atoms with E-state index in [1.54, 1.807) is 0 Å². The lowest BCUT2D eigenvalue weighted by molar-refractivity contribution is -1.12. The second-order valence-electron chi connectivity index (χ2n) is 12.7. The number of nitrogens with zero attached hydrogens (tertiary/aromatic N) is 2. The summed E-state index contributed by atoms with van der Waals surface area (Å²) in [5.41, 5.74) is 0. The van der Waals surface area contributed by atoms with Gasteiger partial charge in [-0.1, -0.05) is 27.7 Å². The Kier molecular flexibility index (Phi) is 9.88. The zero-order chi connectivity index (χ0) is 23.4. The number of quaternary nitrogens is 2. The molecular formula is C27H56N2O2+2. The molecular weight excluding hydrogens is 384 g/mol. The molecule has 31 heavy (non-hydrogen) atoms. The molecule has 2 saturated carbocycles. The molecule has 4 nitrogen and oxygen atoms in total. The molecule has 2 aliphatic carbocycles. The van der Waals surface area contributed by atoms with Gasteiger partial charge in [0.15, 0.2) is 0 Å². The summed E-state index contributed by atoms with van der Waals surface area (Å²) in [6.45, 7) is 13.5. The van der Waals surface area contributed by atoms with Gasteiger partial charge < -0.3 is 0 Å². The molecule has 0 aromatic carbocycles. The summed E-state index contributed by atoms with van der Waals surface area (Å²) in [4.78, 5) is 0. The van der Waals surface area contributed by atoms with Gasteiger partial charge in [0.2, 0.25) is 0 Å². The van der Waals surface area contributed by atoms with E-state index in [0.717, 1.165) is 24.7 Å². The lowest BCUT2D eigenvalue weighted by Gasteiger charge is -2.44. The number of hydroxylamine groups is 6. The van der Waals surface area contributed by atoms with Crippen molar-refractivity contribution in [2.75, 3.05) is 14.1 Å². The van der Waals surface area contributed by atoms with Gasteiger partial charge in [0.1, 0.15) is 24.2 Å². The second-order valence-corrected chi connectivity index (χ2v) is 12.7. The van der Waals surface area contributed by atoms with Crippen molar-refractivity contribution in [2.45, 2.75) is 136 Å². The standard InChI is InChI=1S/C27H56N2O2/c1-20(2)17-22(5)28(7,30)26-13-9-24(10-14-26)19-25-11-15-27(16-12-25)29(8,31)23(6)18-21(3)4/h20-27,30-31H,9-19H2,1-8H3/q+2. The van der Waals surface area contributed by atoms with Crippen molar-refractivity contribution >= 4 is 0 Å². The maximum atomic E-state index is 11.2. The third kappa shape index (κ3) is 7.42. The van der Waals surface area contributed by atoms with Crippen LogP contribution in [-0.4, -0.2) is 58.0 Å². The van der Waals surface area contributed by atoms with Crippen molar-refractivity contribution in [3.8, 4) is 0 Å². The van der Waals surface area contributed by atoms with E-state index >= 15 is 0 Å². The zero-order valence-electron chi connectivity index (χ0n) is 22.2. The molecule has 2 aliphatic rings. The average Bonchev–Trinajstić information content (AvgIpc) is 2.67. The lowest BCUT2D eigenvalue weighted by Crippen LogP contribution is -2.57. The van der Waals surface area contributed by atoms with Crippen molar-refractivity contribution in [1.29, 1.82) is 0 Å². The normalized spacial score (nSPS) is 33.7. The van der Waals surface area contributed by atoms with E-state index in [4.69, 9.17) is 0 Å². The highest BCUT2D eigenvalue weighted by atomic mass is 16.6. The van der Waals surface area contributed by atoms with Crippen molar-refractivity contribution in [2.24, 2.45) is 23.7 Å². The summed E-state index contributed by atoms with van der Waals surface area (Å²) in [6, 6.07) is 1.47. The lowest BCUT2D eigenvalue weighted by atomic mass is 9.75. The molecule has 2 rings (SSSR count). The molecule has 0 bridgehead atoms. The minimum absolute atomic E-state index is 0.220. The van der Waals surface area contributed by atoms with Crippen LogP contribution >= 0.6 is 0 Å². The largest absolute Gasteiger partial charge is 0.217 e. The van der Waals surface area contributed by atoms with Gasteiger partial charge in [-0.25, -0.2) is 10.4 Å². The quantitative estimate of drug-likeness (QED) is 0.283. The van der Waals surface area contributed by atoms with Gasteiger partial charge in [-0.15, -0.1) is 0 Å². The SMILES string of the molecule is CC(C)CC(C)[N+](C)(O)C1CCC(CC2CCC([N+](C)(O)C(C)CC(C)C)CC2)CC1. The monoisotopic (exact) mass is 440 g/mol. The van der Waals surface area contributed by atoms with Gasteiger partial charge >= 0.3 is 0 Å². The van der Waals surface area contributed by atoms with E-state index in [2.05, 4.69) is 41.5 Å². The third-order valence-corrected chi connectivity index (χ3v) is 9.19. The maximum absolute atomic E-state index is 11.2. The number of rotatable bonds is 10. The summed E-state index contributed by atoms with van der Waals surface area (Å²) in [5, 5.41) is 22.4. The maximum Gasteiger partial charge on any atom is 0.119 e. The molecule has 0 amide bonds. The van der Waals surface area contributed by atoms with Crippen molar-refractivity contribution in [3.63, 3.8) is 0 Å². The first-order valence-corrected chi connectivity index (χ1v) is 13.5. The van der Waals surface area contributed by atoms with Crippen LogP contribution in [0.4, 0.5) is 0 Å². The van der Waals surface area contributed by atoms with E-state index in [-0.39, 0.29) is 9.29 Å². The van der Waals surface area contributed by atoms with Crippen LogP contribution in [0.3, 0.4) is 0 Å². The van der Waals surface area contributed by atoms with Crippen LogP contribution in [0.15, 0.2) is 0 Å².